The molecule has 0 saturated carbocycles. The van der Waals surface area contributed by atoms with Crippen molar-refractivity contribution in [3.05, 3.63) is 59.8 Å². The molecule has 1 aliphatic rings. The second-order valence-electron chi connectivity index (χ2n) is 9.75. The van der Waals surface area contributed by atoms with Crippen molar-refractivity contribution >= 4 is 45.8 Å². The van der Waals surface area contributed by atoms with Gasteiger partial charge in [-0.15, -0.1) is 0 Å². The van der Waals surface area contributed by atoms with E-state index in [1.165, 1.54) is 0 Å². The zero-order chi connectivity index (χ0) is 26.8. The largest absolute Gasteiger partial charge is 0.494 e. The SMILES string of the molecule is COc1cc(N2CCN(C(C)C)CC2)ccc1Nc1nc(Nc2cccc(C)c2C(N)=O)c2cc[nH]c2n1. The highest BCUT2D eigenvalue weighted by Gasteiger charge is 2.20. The summed E-state index contributed by atoms with van der Waals surface area (Å²) in [4.78, 5) is 29.5. The number of hydrogen-bond donors (Lipinski definition) is 4. The molecule has 2 aromatic carbocycles. The number of ether oxygens (including phenoxy) is 1. The van der Waals surface area contributed by atoms with E-state index in [1.807, 2.05) is 43.3 Å². The Balaban J connectivity index is 1.42. The molecule has 2 aromatic heterocycles. The summed E-state index contributed by atoms with van der Waals surface area (Å²) in [7, 11) is 1.66. The minimum absolute atomic E-state index is 0.382. The number of nitrogens with two attached hydrogens (primary N) is 1. The summed E-state index contributed by atoms with van der Waals surface area (Å²) in [5.74, 6) is 1.13. The number of primary amides is 1. The number of carbonyl (C=O) groups excluding carboxylic acids is 1. The number of methoxy groups -OCH3 is 1. The number of aromatic amines is 1. The Bertz CT molecular complexity index is 1460. The van der Waals surface area contributed by atoms with Crippen LogP contribution < -0.4 is 26.0 Å². The number of hydrogen-bond acceptors (Lipinski definition) is 8. The first-order valence-electron chi connectivity index (χ1n) is 12.8. The molecule has 10 heteroatoms. The average Bonchev–Trinajstić information content (AvgIpc) is 3.38. The van der Waals surface area contributed by atoms with Crippen LogP contribution in [0.5, 0.6) is 5.75 Å². The molecule has 1 aliphatic heterocycles. The number of amides is 1. The van der Waals surface area contributed by atoms with Crippen molar-refractivity contribution in [1.29, 1.82) is 0 Å². The Morgan fingerprint density at radius 1 is 1.05 bits per heavy atom. The van der Waals surface area contributed by atoms with Crippen LogP contribution in [0.4, 0.5) is 28.8 Å². The number of nitrogens with zero attached hydrogens (tertiary/aromatic N) is 4. The first-order chi connectivity index (χ1) is 18.3. The molecule has 4 aromatic rings. The third-order valence-corrected chi connectivity index (χ3v) is 7.03. The van der Waals surface area contributed by atoms with E-state index in [1.54, 1.807) is 13.3 Å². The summed E-state index contributed by atoms with van der Waals surface area (Å²) in [6, 6.07) is 14.1. The van der Waals surface area contributed by atoms with Crippen molar-refractivity contribution in [2.75, 3.05) is 48.8 Å². The van der Waals surface area contributed by atoms with E-state index in [9.17, 15) is 4.79 Å². The molecule has 0 unspecified atom stereocenters. The lowest BCUT2D eigenvalue weighted by Crippen LogP contribution is -2.48. The van der Waals surface area contributed by atoms with Crippen molar-refractivity contribution in [2.24, 2.45) is 5.73 Å². The molecule has 0 bridgehead atoms. The van der Waals surface area contributed by atoms with E-state index in [-0.39, 0.29) is 0 Å². The monoisotopic (exact) mass is 514 g/mol. The molecule has 0 aliphatic carbocycles. The number of fused-ring (bicyclic) bond motifs is 1. The number of aryl methyl sites for hydroxylation is 1. The molecule has 5 N–H and O–H groups in total. The molecule has 38 heavy (non-hydrogen) atoms. The molecular weight excluding hydrogens is 480 g/mol. The van der Waals surface area contributed by atoms with Gasteiger partial charge in [0, 0.05) is 50.2 Å². The third kappa shape index (κ3) is 5.08. The lowest BCUT2D eigenvalue weighted by Gasteiger charge is -2.38. The zero-order valence-electron chi connectivity index (χ0n) is 22.2. The zero-order valence-corrected chi connectivity index (χ0v) is 22.2. The van der Waals surface area contributed by atoms with Gasteiger partial charge in [0.05, 0.1) is 29.4 Å². The molecule has 198 valence electrons. The van der Waals surface area contributed by atoms with Gasteiger partial charge in [-0.3, -0.25) is 9.69 Å². The Morgan fingerprint density at radius 3 is 2.55 bits per heavy atom. The minimum atomic E-state index is -0.501. The average molecular weight is 515 g/mol. The summed E-state index contributed by atoms with van der Waals surface area (Å²) in [5.41, 5.74) is 9.99. The van der Waals surface area contributed by atoms with Crippen LogP contribution in [0.25, 0.3) is 11.0 Å². The summed E-state index contributed by atoms with van der Waals surface area (Å²) >= 11 is 0. The highest BCUT2D eigenvalue weighted by atomic mass is 16.5. The normalized spacial score (nSPS) is 14.2. The van der Waals surface area contributed by atoms with Crippen molar-refractivity contribution < 1.29 is 9.53 Å². The summed E-state index contributed by atoms with van der Waals surface area (Å²) < 4.78 is 5.73. The van der Waals surface area contributed by atoms with E-state index < -0.39 is 5.91 Å². The van der Waals surface area contributed by atoms with Gasteiger partial charge in [0.2, 0.25) is 5.95 Å². The molecule has 0 radical (unpaired) electrons. The first-order valence-corrected chi connectivity index (χ1v) is 12.8. The van der Waals surface area contributed by atoms with Gasteiger partial charge in [0.15, 0.2) is 0 Å². The van der Waals surface area contributed by atoms with Gasteiger partial charge in [0.25, 0.3) is 5.91 Å². The molecule has 0 spiro atoms. The van der Waals surface area contributed by atoms with E-state index >= 15 is 0 Å². The van der Waals surface area contributed by atoms with Crippen LogP contribution in [-0.2, 0) is 0 Å². The quantitative estimate of drug-likeness (QED) is 0.273. The minimum Gasteiger partial charge on any atom is -0.494 e. The Morgan fingerprint density at radius 2 is 1.84 bits per heavy atom. The van der Waals surface area contributed by atoms with Gasteiger partial charge in [-0.25, -0.2) is 0 Å². The van der Waals surface area contributed by atoms with Crippen LogP contribution in [0, 0.1) is 6.92 Å². The standard InChI is InChI=1S/C28H34N8O2/c1-17(2)35-12-14-36(15-13-35)19-8-9-21(23(16-19)38-4)32-28-33-26-20(10-11-30-26)27(34-28)31-22-7-5-6-18(3)24(22)25(29)37/h5-11,16-17H,12-15H2,1-4H3,(H2,29,37)(H3,30,31,32,33,34). The third-order valence-electron chi connectivity index (χ3n) is 7.03. The van der Waals surface area contributed by atoms with Crippen LogP contribution >= 0.6 is 0 Å². The fraction of sp³-hybridized carbons (Fsp3) is 0.321. The predicted octanol–water partition coefficient (Wildman–Crippen LogP) is 4.39. The molecule has 0 atom stereocenters. The number of anilines is 5. The summed E-state index contributed by atoms with van der Waals surface area (Å²) in [6.07, 6.45) is 1.80. The second kappa shape index (κ2) is 10.6. The molecule has 1 fully saturated rings. The van der Waals surface area contributed by atoms with Crippen LogP contribution in [0.15, 0.2) is 48.7 Å². The first kappa shape index (κ1) is 25.3. The maximum Gasteiger partial charge on any atom is 0.251 e. The van der Waals surface area contributed by atoms with Crippen molar-refractivity contribution in [2.45, 2.75) is 26.8 Å². The molecule has 3 heterocycles. The number of piperazine rings is 1. The summed E-state index contributed by atoms with van der Waals surface area (Å²) in [5, 5.41) is 7.38. The van der Waals surface area contributed by atoms with Gasteiger partial charge in [-0.2, -0.15) is 9.97 Å². The number of aromatic nitrogens is 3. The predicted molar refractivity (Wildman–Crippen MR) is 152 cm³/mol. The van der Waals surface area contributed by atoms with Crippen LogP contribution in [-0.4, -0.2) is 65.1 Å². The van der Waals surface area contributed by atoms with Crippen molar-refractivity contribution in [1.82, 2.24) is 19.9 Å². The van der Waals surface area contributed by atoms with E-state index in [0.29, 0.717) is 40.5 Å². The number of carbonyl (C=O) groups is 1. The van der Waals surface area contributed by atoms with Crippen LogP contribution in [0.1, 0.15) is 29.8 Å². The van der Waals surface area contributed by atoms with Crippen LogP contribution in [0.2, 0.25) is 0 Å². The van der Waals surface area contributed by atoms with Gasteiger partial charge in [-0.05, 0) is 50.6 Å². The van der Waals surface area contributed by atoms with Gasteiger partial charge >= 0.3 is 0 Å². The van der Waals surface area contributed by atoms with Crippen molar-refractivity contribution in [3.63, 3.8) is 0 Å². The topological polar surface area (TPSA) is 124 Å². The molecule has 5 rings (SSSR count). The molecule has 1 saturated heterocycles. The Hall–Kier alpha value is -4.31. The number of nitrogens with one attached hydrogen (secondary N) is 3. The maximum atomic E-state index is 12.1. The van der Waals surface area contributed by atoms with Gasteiger partial charge < -0.3 is 31.0 Å². The summed E-state index contributed by atoms with van der Waals surface area (Å²) in [6.45, 7) is 10.4. The number of rotatable bonds is 8. The van der Waals surface area contributed by atoms with E-state index in [0.717, 1.165) is 48.5 Å². The van der Waals surface area contributed by atoms with Crippen LogP contribution in [0.3, 0.4) is 0 Å². The van der Waals surface area contributed by atoms with Gasteiger partial charge in [-0.1, -0.05) is 12.1 Å². The molecular formula is C28H34N8O2. The Kier molecular flexibility index (Phi) is 7.06. The number of H-pyrrole nitrogens is 1. The molecule has 10 nitrogen and oxygen atoms in total. The fourth-order valence-corrected chi connectivity index (χ4v) is 4.92. The van der Waals surface area contributed by atoms with E-state index in [2.05, 4.69) is 50.3 Å². The highest BCUT2D eigenvalue weighted by Crippen LogP contribution is 2.34. The van der Waals surface area contributed by atoms with E-state index in [4.69, 9.17) is 15.5 Å². The second-order valence-corrected chi connectivity index (χ2v) is 9.75. The lowest BCUT2D eigenvalue weighted by atomic mass is 10.1. The molecule has 1 amide bonds. The van der Waals surface area contributed by atoms with Crippen molar-refractivity contribution in [3.8, 4) is 5.75 Å². The highest BCUT2D eigenvalue weighted by molar-refractivity contribution is 6.02. The smallest absolute Gasteiger partial charge is 0.251 e. The fourth-order valence-electron chi connectivity index (χ4n) is 4.92. The Labute approximate surface area is 222 Å². The maximum absolute atomic E-state index is 12.1. The lowest BCUT2D eigenvalue weighted by molar-refractivity contribution is 0.100. The van der Waals surface area contributed by atoms with Gasteiger partial charge in [0.1, 0.15) is 17.2 Å². The number of benzene rings is 2.